The fourth-order valence-electron chi connectivity index (χ4n) is 2.43. The molecule has 0 bridgehead atoms. The quantitative estimate of drug-likeness (QED) is 0.318. The van der Waals surface area contributed by atoms with Crippen LogP contribution in [0, 0.1) is 6.42 Å². The first kappa shape index (κ1) is 17.4. The Morgan fingerprint density at radius 2 is 1.38 bits per heavy atom. The van der Waals surface area contributed by atoms with Crippen LogP contribution < -0.4 is 4.74 Å². The van der Waals surface area contributed by atoms with Crippen LogP contribution in [0.2, 0.25) is 0 Å². The van der Waals surface area contributed by atoms with E-state index in [2.05, 4.69) is 13.2 Å². The monoisotopic (exact) mass is 341 g/mol. The summed E-state index contributed by atoms with van der Waals surface area (Å²) in [6, 6.07) is 15.2. The van der Waals surface area contributed by atoms with E-state index in [1.807, 2.05) is 55.0 Å². The molecule has 3 rings (SSSR count). The molecule has 2 aromatic rings. The molecular formula is C23H17O3. The molecule has 0 saturated carbocycles. The molecule has 0 unspecified atom stereocenters. The number of allylic oxidation sites excluding steroid dienone is 3. The maximum absolute atomic E-state index is 11.5. The molecule has 127 valence electrons. The zero-order valence-corrected chi connectivity index (χ0v) is 14.1. The standard InChI is InChI=1S/C23H17O3/c1-3-22(24)21-15-20(21)18-11-7-16(8-12-18)5-6-17-9-13-19(14-10-17)26-23(25)4-2/h3-15H,1-2H2/b6-5+. The van der Waals surface area contributed by atoms with Crippen LogP contribution in [-0.2, 0) is 9.59 Å². The van der Waals surface area contributed by atoms with Gasteiger partial charge in [-0.3, -0.25) is 4.79 Å². The van der Waals surface area contributed by atoms with Crippen molar-refractivity contribution < 1.29 is 14.3 Å². The molecule has 3 heteroatoms. The Hall–Kier alpha value is -3.46. The van der Waals surface area contributed by atoms with Crippen molar-refractivity contribution in [2.24, 2.45) is 0 Å². The summed E-state index contributed by atoms with van der Waals surface area (Å²) in [5.41, 5.74) is 4.79. The highest BCUT2D eigenvalue weighted by atomic mass is 16.5. The number of ketones is 1. The van der Waals surface area contributed by atoms with Gasteiger partial charge in [-0.2, -0.15) is 0 Å². The summed E-state index contributed by atoms with van der Waals surface area (Å²) in [6.07, 6.45) is 8.30. The Balaban J connectivity index is 1.65. The lowest BCUT2D eigenvalue weighted by Crippen LogP contribution is -2.02. The predicted octanol–water partition coefficient (Wildman–Crippen LogP) is 4.67. The summed E-state index contributed by atoms with van der Waals surface area (Å²) in [7, 11) is 0. The molecule has 1 radical (unpaired) electrons. The third-order valence-corrected chi connectivity index (χ3v) is 3.90. The van der Waals surface area contributed by atoms with Gasteiger partial charge in [0.1, 0.15) is 5.75 Å². The second-order valence-electron chi connectivity index (χ2n) is 5.69. The molecule has 2 aromatic carbocycles. The maximum Gasteiger partial charge on any atom is 0.335 e. The predicted molar refractivity (Wildman–Crippen MR) is 104 cm³/mol. The van der Waals surface area contributed by atoms with Crippen molar-refractivity contribution in [3.8, 4) is 5.75 Å². The molecule has 3 nitrogen and oxygen atoms in total. The summed E-state index contributed by atoms with van der Waals surface area (Å²) in [4.78, 5) is 22.7. The molecule has 0 aliphatic heterocycles. The van der Waals surface area contributed by atoms with Crippen molar-refractivity contribution in [1.29, 1.82) is 0 Å². The van der Waals surface area contributed by atoms with Crippen LogP contribution in [0.3, 0.4) is 0 Å². The molecule has 26 heavy (non-hydrogen) atoms. The number of benzene rings is 2. The highest BCUT2D eigenvalue weighted by Gasteiger charge is 2.27. The van der Waals surface area contributed by atoms with Gasteiger partial charge < -0.3 is 4.74 Å². The minimum absolute atomic E-state index is 0.0359. The van der Waals surface area contributed by atoms with E-state index in [-0.39, 0.29) is 5.78 Å². The van der Waals surface area contributed by atoms with Crippen LogP contribution >= 0.6 is 0 Å². The highest BCUT2D eigenvalue weighted by Crippen LogP contribution is 2.39. The molecular weight excluding hydrogens is 324 g/mol. The van der Waals surface area contributed by atoms with E-state index in [1.165, 1.54) is 6.08 Å². The average molecular weight is 341 g/mol. The SMILES string of the molecule is C=CC(=O)Oc1ccc(/C=C/c2ccc(C3=C(C(=O)C=C)[CH]3)cc2)cc1. The van der Waals surface area contributed by atoms with Crippen LogP contribution in [-0.4, -0.2) is 11.8 Å². The molecule has 0 saturated heterocycles. The van der Waals surface area contributed by atoms with Gasteiger partial charge in [-0.15, -0.1) is 0 Å². The fraction of sp³-hybridized carbons (Fsp3) is 0. The van der Waals surface area contributed by atoms with Crippen LogP contribution in [0.25, 0.3) is 17.7 Å². The zero-order valence-electron chi connectivity index (χ0n) is 14.1. The summed E-state index contributed by atoms with van der Waals surface area (Å²) in [5.74, 6) is -0.0317. The van der Waals surface area contributed by atoms with Crippen molar-refractivity contribution in [3.05, 3.63) is 103 Å². The van der Waals surface area contributed by atoms with Crippen molar-refractivity contribution in [2.45, 2.75) is 0 Å². The van der Waals surface area contributed by atoms with E-state index in [4.69, 9.17) is 4.74 Å². The highest BCUT2D eigenvalue weighted by molar-refractivity contribution is 6.21. The molecule has 0 amide bonds. The smallest absolute Gasteiger partial charge is 0.335 e. The molecule has 1 aliphatic rings. The summed E-state index contributed by atoms with van der Waals surface area (Å²) < 4.78 is 5.04. The van der Waals surface area contributed by atoms with E-state index in [0.717, 1.165) is 33.9 Å². The molecule has 0 spiro atoms. The van der Waals surface area contributed by atoms with E-state index >= 15 is 0 Å². The van der Waals surface area contributed by atoms with Crippen LogP contribution in [0.5, 0.6) is 5.75 Å². The number of hydrogen-bond donors (Lipinski definition) is 0. The largest absolute Gasteiger partial charge is 0.423 e. The number of hydrogen-bond acceptors (Lipinski definition) is 3. The zero-order chi connectivity index (χ0) is 18.5. The minimum Gasteiger partial charge on any atom is -0.423 e. The van der Waals surface area contributed by atoms with Gasteiger partial charge in [0.2, 0.25) is 0 Å². The van der Waals surface area contributed by atoms with Crippen molar-refractivity contribution >= 4 is 29.5 Å². The lowest BCUT2D eigenvalue weighted by Gasteiger charge is -2.01. The van der Waals surface area contributed by atoms with Crippen LogP contribution in [0.15, 0.2) is 79.4 Å². The van der Waals surface area contributed by atoms with Gasteiger partial charge in [0, 0.05) is 18.1 Å². The second-order valence-corrected chi connectivity index (χ2v) is 5.69. The molecule has 0 aromatic heterocycles. The Kier molecular flexibility index (Phi) is 5.09. The normalized spacial score (nSPS) is 12.8. The number of rotatable bonds is 7. The van der Waals surface area contributed by atoms with E-state index in [1.54, 1.807) is 12.1 Å². The first-order valence-corrected chi connectivity index (χ1v) is 8.09. The van der Waals surface area contributed by atoms with Crippen molar-refractivity contribution in [1.82, 2.24) is 0 Å². The van der Waals surface area contributed by atoms with Crippen LogP contribution in [0.1, 0.15) is 16.7 Å². The number of ether oxygens (including phenoxy) is 1. The number of carbonyl (C=O) groups is 2. The Morgan fingerprint density at radius 1 is 0.808 bits per heavy atom. The Morgan fingerprint density at radius 3 is 1.92 bits per heavy atom. The average Bonchev–Trinajstić information content (AvgIpc) is 3.48. The lowest BCUT2D eigenvalue weighted by molar-refractivity contribution is -0.129. The van der Waals surface area contributed by atoms with Crippen molar-refractivity contribution in [2.75, 3.05) is 0 Å². The molecule has 1 aliphatic carbocycles. The van der Waals surface area contributed by atoms with E-state index in [9.17, 15) is 9.59 Å². The first-order chi connectivity index (χ1) is 12.6. The number of carbonyl (C=O) groups excluding carboxylic acids is 2. The third-order valence-electron chi connectivity index (χ3n) is 3.90. The Bertz CT molecular complexity index is 926. The van der Waals surface area contributed by atoms with Gasteiger partial charge in [-0.25, -0.2) is 4.79 Å². The lowest BCUT2D eigenvalue weighted by atomic mass is 10.1. The van der Waals surface area contributed by atoms with Gasteiger partial charge in [-0.05, 0) is 40.5 Å². The van der Waals surface area contributed by atoms with E-state index in [0.29, 0.717) is 5.75 Å². The summed E-state index contributed by atoms with van der Waals surface area (Å²) >= 11 is 0. The van der Waals surface area contributed by atoms with E-state index < -0.39 is 5.97 Å². The molecule has 0 N–H and O–H groups in total. The fourth-order valence-corrected chi connectivity index (χ4v) is 2.43. The minimum atomic E-state index is -0.477. The molecule has 0 heterocycles. The van der Waals surface area contributed by atoms with Gasteiger partial charge in [-0.1, -0.05) is 61.7 Å². The molecule has 0 fully saturated rings. The summed E-state index contributed by atoms with van der Waals surface area (Å²) in [6.45, 7) is 6.86. The van der Waals surface area contributed by atoms with Gasteiger partial charge >= 0.3 is 5.97 Å². The molecule has 0 atom stereocenters. The van der Waals surface area contributed by atoms with Crippen LogP contribution in [0.4, 0.5) is 0 Å². The van der Waals surface area contributed by atoms with Gasteiger partial charge in [0.25, 0.3) is 0 Å². The van der Waals surface area contributed by atoms with Crippen molar-refractivity contribution in [3.63, 3.8) is 0 Å². The Labute approximate surface area is 152 Å². The first-order valence-electron chi connectivity index (χ1n) is 8.09. The third kappa shape index (κ3) is 4.14. The summed E-state index contributed by atoms with van der Waals surface area (Å²) in [5, 5.41) is 0. The number of esters is 1. The topological polar surface area (TPSA) is 43.4 Å². The van der Waals surface area contributed by atoms with Gasteiger partial charge in [0.05, 0.1) is 0 Å². The maximum atomic E-state index is 11.5. The second kappa shape index (κ2) is 7.62. The van der Waals surface area contributed by atoms with Gasteiger partial charge in [0.15, 0.2) is 5.78 Å².